The van der Waals surface area contributed by atoms with Crippen LogP contribution in [0.3, 0.4) is 0 Å². The van der Waals surface area contributed by atoms with Crippen molar-refractivity contribution >= 4 is 10.9 Å². The Morgan fingerprint density at radius 1 is 1.26 bits per heavy atom. The average Bonchev–Trinajstić information content (AvgIpc) is 2.99. The summed E-state index contributed by atoms with van der Waals surface area (Å²) in [6.07, 6.45) is 5.45. The van der Waals surface area contributed by atoms with Crippen molar-refractivity contribution in [2.24, 2.45) is 11.7 Å². The van der Waals surface area contributed by atoms with E-state index in [0.29, 0.717) is 5.92 Å². The molecule has 1 heterocycles. The number of hydrogen-bond acceptors (Lipinski definition) is 1. The Morgan fingerprint density at radius 2 is 2.00 bits per heavy atom. The number of H-pyrrole nitrogens is 1. The van der Waals surface area contributed by atoms with Crippen LogP contribution in [0.5, 0.6) is 0 Å². The van der Waals surface area contributed by atoms with E-state index in [1.165, 1.54) is 53.4 Å². The normalized spacial score (nSPS) is 18.3. The summed E-state index contributed by atoms with van der Waals surface area (Å²) in [5, 5.41) is 1.38. The first-order chi connectivity index (χ1) is 9.20. The van der Waals surface area contributed by atoms with E-state index >= 15 is 0 Å². The van der Waals surface area contributed by atoms with Gasteiger partial charge >= 0.3 is 0 Å². The van der Waals surface area contributed by atoms with E-state index in [9.17, 15) is 0 Å². The molecule has 1 saturated carbocycles. The fraction of sp³-hybridized carbons (Fsp3) is 0.529. The molecule has 0 bridgehead atoms. The van der Waals surface area contributed by atoms with E-state index in [1.54, 1.807) is 0 Å². The number of nitrogens with two attached hydrogens (primary N) is 1. The second-order valence-corrected chi connectivity index (χ2v) is 6.10. The minimum absolute atomic E-state index is 0.527. The zero-order valence-electron chi connectivity index (χ0n) is 12.0. The highest BCUT2D eigenvalue weighted by molar-refractivity contribution is 5.85. The summed E-state index contributed by atoms with van der Waals surface area (Å²) < 4.78 is 0. The lowest BCUT2D eigenvalue weighted by Crippen LogP contribution is -2.20. The van der Waals surface area contributed by atoms with Gasteiger partial charge in [0, 0.05) is 22.5 Å². The molecule has 1 aliphatic carbocycles. The predicted molar refractivity (Wildman–Crippen MR) is 81.5 cm³/mol. The number of hydrogen-bond donors (Lipinski definition) is 2. The summed E-state index contributed by atoms with van der Waals surface area (Å²) >= 11 is 0. The lowest BCUT2D eigenvalue weighted by Gasteiger charge is -2.22. The van der Waals surface area contributed by atoms with Gasteiger partial charge in [0.05, 0.1) is 0 Å². The van der Waals surface area contributed by atoms with Crippen LogP contribution < -0.4 is 5.73 Å². The molecule has 1 fully saturated rings. The summed E-state index contributed by atoms with van der Waals surface area (Å²) in [5.41, 5.74) is 11.5. The Bertz CT molecular complexity index is 576. The number of aryl methyl sites for hydroxylation is 2. The molecule has 1 aliphatic rings. The Balaban J connectivity index is 2.09. The number of fused-ring (bicyclic) bond motifs is 1. The van der Waals surface area contributed by atoms with Gasteiger partial charge < -0.3 is 10.7 Å². The summed E-state index contributed by atoms with van der Waals surface area (Å²) in [4.78, 5) is 3.55. The molecule has 0 saturated heterocycles. The van der Waals surface area contributed by atoms with Gasteiger partial charge in [-0.25, -0.2) is 0 Å². The molecule has 19 heavy (non-hydrogen) atoms. The van der Waals surface area contributed by atoms with Gasteiger partial charge in [0.15, 0.2) is 0 Å². The highest BCUT2D eigenvalue weighted by atomic mass is 14.7. The minimum atomic E-state index is 0.527. The van der Waals surface area contributed by atoms with Crippen molar-refractivity contribution in [3.05, 3.63) is 35.0 Å². The Kier molecular flexibility index (Phi) is 3.36. The molecule has 0 radical (unpaired) electrons. The summed E-state index contributed by atoms with van der Waals surface area (Å²) in [5.74, 6) is 1.31. The summed E-state index contributed by atoms with van der Waals surface area (Å²) in [7, 11) is 0. The smallest absolute Gasteiger partial charge is 0.0461 e. The molecule has 102 valence electrons. The lowest BCUT2D eigenvalue weighted by molar-refractivity contribution is 0.441. The van der Waals surface area contributed by atoms with Crippen LogP contribution in [-0.4, -0.2) is 11.5 Å². The number of nitrogens with one attached hydrogen (secondary N) is 1. The fourth-order valence-corrected chi connectivity index (χ4v) is 3.85. The van der Waals surface area contributed by atoms with Crippen LogP contribution in [0, 0.1) is 19.8 Å². The van der Waals surface area contributed by atoms with Crippen molar-refractivity contribution in [3.63, 3.8) is 0 Å². The average molecular weight is 256 g/mol. The molecule has 2 heteroatoms. The molecular formula is C17H24N2. The monoisotopic (exact) mass is 256 g/mol. The standard InChI is InChI=1S/C17H24N2/c1-11-7-8-14-16(9-11)19-12(2)17(14)15(10-18)13-5-3-4-6-13/h7-9,13,15,19H,3-6,10,18H2,1-2H3. The van der Waals surface area contributed by atoms with Crippen molar-refractivity contribution in [3.8, 4) is 0 Å². The zero-order chi connectivity index (χ0) is 13.4. The van der Waals surface area contributed by atoms with Crippen LogP contribution >= 0.6 is 0 Å². The van der Waals surface area contributed by atoms with Gasteiger partial charge in [-0.05, 0) is 56.3 Å². The molecule has 1 aromatic heterocycles. The largest absolute Gasteiger partial charge is 0.358 e. The minimum Gasteiger partial charge on any atom is -0.358 e. The Hall–Kier alpha value is -1.28. The van der Waals surface area contributed by atoms with Crippen LogP contribution in [0.15, 0.2) is 18.2 Å². The van der Waals surface area contributed by atoms with E-state index in [1.807, 2.05) is 0 Å². The first kappa shape index (κ1) is 12.7. The highest BCUT2D eigenvalue weighted by Gasteiger charge is 2.28. The van der Waals surface area contributed by atoms with Gasteiger partial charge in [0.25, 0.3) is 0 Å². The zero-order valence-corrected chi connectivity index (χ0v) is 12.0. The van der Waals surface area contributed by atoms with Crippen molar-refractivity contribution in [1.82, 2.24) is 4.98 Å². The van der Waals surface area contributed by atoms with Crippen LogP contribution in [-0.2, 0) is 0 Å². The molecule has 1 unspecified atom stereocenters. The molecule has 3 N–H and O–H groups in total. The molecule has 3 rings (SSSR count). The number of benzene rings is 1. The van der Waals surface area contributed by atoms with Gasteiger partial charge in [-0.3, -0.25) is 0 Å². The Morgan fingerprint density at radius 3 is 2.68 bits per heavy atom. The summed E-state index contributed by atoms with van der Waals surface area (Å²) in [6, 6.07) is 6.72. The molecule has 1 atom stereocenters. The van der Waals surface area contributed by atoms with Crippen molar-refractivity contribution in [1.29, 1.82) is 0 Å². The van der Waals surface area contributed by atoms with Crippen molar-refractivity contribution < 1.29 is 0 Å². The maximum Gasteiger partial charge on any atom is 0.0461 e. The van der Waals surface area contributed by atoms with E-state index in [4.69, 9.17) is 5.73 Å². The van der Waals surface area contributed by atoms with Gasteiger partial charge in [-0.1, -0.05) is 25.0 Å². The van der Waals surface area contributed by atoms with Crippen LogP contribution in [0.25, 0.3) is 10.9 Å². The maximum absolute atomic E-state index is 6.12. The fourth-order valence-electron chi connectivity index (χ4n) is 3.85. The third kappa shape index (κ3) is 2.18. The first-order valence-electron chi connectivity index (χ1n) is 7.49. The van der Waals surface area contributed by atoms with E-state index in [0.717, 1.165) is 12.5 Å². The molecular weight excluding hydrogens is 232 g/mol. The third-order valence-corrected chi connectivity index (χ3v) is 4.79. The first-order valence-corrected chi connectivity index (χ1v) is 7.49. The van der Waals surface area contributed by atoms with E-state index in [-0.39, 0.29) is 0 Å². The third-order valence-electron chi connectivity index (χ3n) is 4.79. The highest BCUT2D eigenvalue weighted by Crippen LogP contribution is 2.40. The molecule has 0 aliphatic heterocycles. The topological polar surface area (TPSA) is 41.8 Å². The second-order valence-electron chi connectivity index (χ2n) is 6.10. The SMILES string of the molecule is Cc1ccc2c(C(CN)C3CCCC3)c(C)[nH]c2c1. The van der Waals surface area contributed by atoms with E-state index in [2.05, 4.69) is 37.0 Å². The van der Waals surface area contributed by atoms with Gasteiger partial charge in [-0.15, -0.1) is 0 Å². The molecule has 2 aromatic rings. The number of aromatic amines is 1. The predicted octanol–water partition coefficient (Wildman–Crippen LogP) is 4.02. The quantitative estimate of drug-likeness (QED) is 0.855. The van der Waals surface area contributed by atoms with Gasteiger partial charge in [0.2, 0.25) is 0 Å². The summed E-state index contributed by atoms with van der Waals surface area (Å²) in [6.45, 7) is 5.11. The van der Waals surface area contributed by atoms with Crippen LogP contribution in [0.2, 0.25) is 0 Å². The van der Waals surface area contributed by atoms with Crippen LogP contribution in [0.1, 0.15) is 48.4 Å². The maximum atomic E-state index is 6.12. The van der Waals surface area contributed by atoms with Crippen molar-refractivity contribution in [2.75, 3.05) is 6.54 Å². The second kappa shape index (κ2) is 5.01. The molecule has 0 amide bonds. The van der Waals surface area contributed by atoms with Crippen molar-refractivity contribution in [2.45, 2.75) is 45.4 Å². The molecule has 1 aromatic carbocycles. The lowest BCUT2D eigenvalue weighted by atomic mass is 9.83. The molecule has 2 nitrogen and oxygen atoms in total. The van der Waals surface area contributed by atoms with E-state index < -0.39 is 0 Å². The Labute approximate surface area is 115 Å². The van der Waals surface area contributed by atoms with Gasteiger partial charge in [0.1, 0.15) is 0 Å². The number of aromatic nitrogens is 1. The molecule has 0 spiro atoms. The van der Waals surface area contributed by atoms with Crippen LogP contribution in [0.4, 0.5) is 0 Å². The number of rotatable bonds is 3. The van der Waals surface area contributed by atoms with Gasteiger partial charge in [-0.2, -0.15) is 0 Å².